The SMILES string of the molecule is CCCCc1ccc(S(=O)(=O)Nc2ccccc2CCCc2ccc(C(=O)O)cc2)cc1.COc1cccc(S(=O)(=O)Nc2ccccc2CCCc2ccc(C(=O)O)cc2)c1. The molecule has 0 amide bonds. The number of hydrogen-bond donors (Lipinski definition) is 4. The number of benzene rings is 6. The summed E-state index contributed by atoms with van der Waals surface area (Å²) in [6, 6.07) is 41.8. The molecular formula is C49H52N2O9S2. The van der Waals surface area contributed by atoms with Crippen molar-refractivity contribution in [2.75, 3.05) is 16.6 Å². The molecular weight excluding hydrogens is 825 g/mol. The number of carbonyl (C=O) groups is 2. The van der Waals surface area contributed by atoms with Crippen molar-refractivity contribution in [3.8, 4) is 5.75 Å². The van der Waals surface area contributed by atoms with Crippen LogP contribution in [0, 0.1) is 0 Å². The summed E-state index contributed by atoms with van der Waals surface area (Å²) in [6.45, 7) is 2.13. The third-order valence-corrected chi connectivity index (χ3v) is 12.9. The molecule has 6 aromatic carbocycles. The number of aromatic carboxylic acids is 2. The predicted molar refractivity (Wildman–Crippen MR) is 243 cm³/mol. The molecule has 4 N–H and O–H groups in total. The molecule has 6 aromatic rings. The third-order valence-electron chi connectivity index (χ3n) is 10.2. The van der Waals surface area contributed by atoms with Gasteiger partial charge in [0.2, 0.25) is 0 Å². The average Bonchev–Trinajstić information content (AvgIpc) is 3.27. The van der Waals surface area contributed by atoms with E-state index >= 15 is 0 Å². The van der Waals surface area contributed by atoms with Gasteiger partial charge >= 0.3 is 11.9 Å². The zero-order chi connectivity index (χ0) is 44.5. The van der Waals surface area contributed by atoms with Gasteiger partial charge in [-0.15, -0.1) is 0 Å². The number of rotatable bonds is 20. The highest BCUT2D eigenvalue weighted by molar-refractivity contribution is 7.93. The first-order valence-electron chi connectivity index (χ1n) is 20.4. The molecule has 0 aliphatic rings. The molecule has 0 atom stereocenters. The van der Waals surface area contributed by atoms with Crippen molar-refractivity contribution in [2.45, 2.75) is 74.5 Å². The molecule has 0 bridgehead atoms. The number of methoxy groups -OCH3 is 1. The summed E-state index contributed by atoms with van der Waals surface area (Å²) in [7, 11) is -5.92. The van der Waals surface area contributed by atoms with Crippen molar-refractivity contribution in [2.24, 2.45) is 0 Å². The molecule has 0 heterocycles. The zero-order valence-electron chi connectivity index (χ0n) is 34.8. The molecule has 0 spiro atoms. The smallest absolute Gasteiger partial charge is 0.335 e. The van der Waals surface area contributed by atoms with Crippen molar-refractivity contribution in [1.82, 2.24) is 0 Å². The van der Waals surface area contributed by atoms with Crippen LogP contribution in [0.4, 0.5) is 11.4 Å². The van der Waals surface area contributed by atoms with Crippen LogP contribution in [0.1, 0.15) is 81.1 Å². The number of anilines is 2. The van der Waals surface area contributed by atoms with Gasteiger partial charge in [-0.05, 0) is 140 Å². The van der Waals surface area contributed by atoms with Gasteiger partial charge in [0.25, 0.3) is 20.0 Å². The second-order valence-electron chi connectivity index (χ2n) is 14.7. The quantitative estimate of drug-likeness (QED) is 0.0582. The Kier molecular flexibility index (Phi) is 16.9. The van der Waals surface area contributed by atoms with E-state index in [0.717, 1.165) is 72.8 Å². The number of carboxylic acid groups (broad SMARTS) is 2. The Hall–Kier alpha value is -6.44. The van der Waals surface area contributed by atoms with Gasteiger partial charge in [0.05, 0.1) is 39.4 Å². The second-order valence-corrected chi connectivity index (χ2v) is 18.0. The lowest BCUT2D eigenvalue weighted by Crippen LogP contribution is -2.14. The minimum atomic E-state index is -3.74. The third kappa shape index (κ3) is 13.8. The fraction of sp³-hybridized carbons (Fsp3) is 0.224. The highest BCUT2D eigenvalue weighted by Crippen LogP contribution is 2.25. The monoisotopic (exact) mass is 876 g/mol. The van der Waals surface area contributed by atoms with E-state index in [1.165, 1.54) is 19.2 Å². The number of hydrogen-bond acceptors (Lipinski definition) is 7. The lowest BCUT2D eigenvalue weighted by molar-refractivity contribution is 0.0686. The Bertz CT molecular complexity index is 2630. The predicted octanol–water partition coefficient (Wildman–Crippen LogP) is 10.1. The average molecular weight is 877 g/mol. The summed E-state index contributed by atoms with van der Waals surface area (Å²) in [5.74, 6) is -1.41. The standard InChI is InChI=1S/C26H29NO4S.C23H23NO5S/c1-2-3-7-20-14-18-24(19-15-20)32(30,31)27-25-11-5-4-9-22(25)10-6-8-21-12-16-23(17-13-21)26(28)29;1-29-20-9-5-10-21(16-20)30(27,28)24-22-11-3-2-7-18(22)8-4-6-17-12-14-19(15-13-17)23(25)26/h4-5,9,11-19,27H,2-3,6-8,10H2,1H3,(H,28,29);2-3,5,7,9-16,24H,4,6,8H2,1H3,(H,25,26). The van der Waals surface area contributed by atoms with Crippen LogP contribution in [-0.2, 0) is 52.2 Å². The fourth-order valence-electron chi connectivity index (χ4n) is 6.66. The van der Waals surface area contributed by atoms with Crippen molar-refractivity contribution in [1.29, 1.82) is 0 Å². The van der Waals surface area contributed by atoms with E-state index in [-0.39, 0.29) is 20.9 Å². The Balaban J connectivity index is 0.000000235. The van der Waals surface area contributed by atoms with Crippen LogP contribution < -0.4 is 14.2 Å². The number of ether oxygens (including phenoxy) is 1. The van der Waals surface area contributed by atoms with E-state index in [0.29, 0.717) is 30.0 Å². The van der Waals surface area contributed by atoms with Crippen LogP contribution in [0.15, 0.2) is 155 Å². The molecule has 0 aliphatic heterocycles. The molecule has 0 saturated heterocycles. The lowest BCUT2D eigenvalue weighted by atomic mass is 10.0. The van der Waals surface area contributed by atoms with Crippen LogP contribution in [0.2, 0.25) is 0 Å². The maximum atomic E-state index is 12.9. The summed E-state index contributed by atoms with van der Waals surface area (Å²) in [5.41, 5.74) is 6.71. The first kappa shape index (κ1) is 46.6. The highest BCUT2D eigenvalue weighted by Gasteiger charge is 2.18. The number of carboxylic acids is 2. The Morgan fingerprint density at radius 3 is 1.35 bits per heavy atom. The van der Waals surface area contributed by atoms with Gasteiger partial charge in [-0.1, -0.05) is 92.2 Å². The summed E-state index contributed by atoms with van der Waals surface area (Å²) >= 11 is 0. The molecule has 324 valence electrons. The molecule has 13 heteroatoms. The van der Waals surface area contributed by atoms with Crippen molar-refractivity contribution >= 4 is 43.4 Å². The summed E-state index contributed by atoms with van der Waals surface area (Å²) in [4.78, 5) is 22.3. The molecule has 6 rings (SSSR count). The lowest BCUT2D eigenvalue weighted by Gasteiger charge is -2.13. The molecule has 62 heavy (non-hydrogen) atoms. The van der Waals surface area contributed by atoms with Gasteiger partial charge < -0.3 is 14.9 Å². The number of para-hydroxylation sites is 2. The van der Waals surface area contributed by atoms with E-state index < -0.39 is 32.0 Å². The topological polar surface area (TPSA) is 176 Å². The van der Waals surface area contributed by atoms with Crippen LogP contribution in [-0.4, -0.2) is 46.1 Å². The number of aryl methyl sites for hydroxylation is 5. The van der Waals surface area contributed by atoms with Crippen LogP contribution in [0.5, 0.6) is 5.75 Å². The molecule has 0 unspecified atom stereocenters. The molecule has 0 saturated carbocycles. The zero-order valence-corrected chi connectivity index (χ0v) is 36.4. The molecule has 0 fully saturated rings. The van der Waals surface area contributed by atoms with Crippen molar-refractivity contribution in [3.05, 3.63) is 185 Å². The number of sulfonamides is 2. The fourth-order valence-corrected chi connectivity index (χ4v) is 8.90. The number of nitrogens with one attached hydrogen (secondary N) is 2. The van der Waals surface area contributed by atoms with Gasteiger partial charge in [-0.2, -0.15) is 0 Å². The Labute approximate surface area is 364 Å². The maximum Gasteiger partial charge on any atom is 0.335 e. The van der Waals surface area contributed by atoms with E-state index in [9.17, 15) is 26.4 Å². The van der Waals surface area contributed by atoms with Gasteiger partial charge in [0.15, 0.2) is 0 Å². The van der Waals surface area contributed by atoms with E-state index in [1.54, 1.807) is 78.9 Å². The second kappa shape index (κ2) is 22.4. The first-order valence-corrected chi connectivity index (χ1v) is 23.3. The van der Waals surface area contributed by atoms with E-state index in [2.05, 4.69) is 16.4 Å². The van der Waals surface area contributed by atoms with Gasteiger partial charge in [-0.3, -0.25) is 9.44 Å². The highest BCUT2D eigenvalue weighted by atomic mass is 32.2. The maximum absolute atomic E-state index is 12.9. The minimum absolute atomic E-state index is 0.134. The summed E-state index contributed by atoms with van der Waals surface area (Å²) in [6.07, 6.45) is 7.67. The first-order chi connectivity index (χ1) is 29.8. The molecule has 0 aromatic heterocycles. The van der Waals surface area contributed by atoms with E-state index in [4.69, 9.17) is 14.9 Å². The Morgan fingerprint density at radius 2 is 0.919 bits per heavy atom. The van der Waals surface area contributed by atoms with Crippen molar-refractivity contribution < 1.29 is 41.4 Å². The normalized spacial score (nSPS) is 11.2. The molecule has 11 nitrogen and oxygen atoms in total. The minimum Gasteiger partial charge on any atom is -0.497 e. The summed E-state index contributed by atoms with van der Waals surface area (Å²) in [5, 5.41) is 18.0. The van der Waals surface area contributed by atoms with Crippen LogP contribution >= 0.6 is 0 Å². The largest absolute Gasteiger partial charge is 0.497 e. The molecule has 0 aliphatic carbocycles. The van der Waals surface area contributed by atoms with Gasteiger partial charge in [0, 0.05) is 6.07 Å². The Morgan fingerprint density at radius 1 is 0.500 bits per heavy atom. The van der Waals surface area contributed by atoms with Crippen molar-refractivity contribution in [3.63, 3.8) is 0 Å². The van der Waals surface area contributed by atoms with Gasteiger partial charge in [0.1, 0.15) is 5.75 Å². The van der Waals surface area contributed by atoms with E-state index in [1.807, 2.05) is 54.6 Å². The molecule has 0 radical (unpaired) electrons. The van der Waals surface area contributed by atoms with Gasteiger partial charge in [-0.25, -0.2) is 26.4 Å². The summed E-state index contributed by atoms with van der Waals surface area (Å²) < 4.78 is 61.9. The number of unbranched alkanes of at least 4 members (excludes halogenated alkanes) is 1. The van der Waals surface area contributed by atoms with Crippen LogP contribution in [0.3, 0.4) is 0 Å². The van der Waals surface area contributed by atoms with Crippen LogP contribution in [0.25, 0.3) is 0 Å².